The largest absolute Gasteiger partial charge is 0.494 e. The number of nitrogens with one attached hydrogen (secondary N) is 1. The van der Waals surface area contributed by atoms with Crippen molar-refractivity contribution < 1.29 is 9.53 Å². The minimum Gasteiger partial charge on any atom is -0.494 e. The molecule has 0 aliphatic carbocycles. The Balaban J connectivity index is 1.46. The third kappa shape index (κ3) is 6.77. The van der Waals surface area contributed by atoms with Crippen LogP contribution in [0.1, 0.15) is 34.8 Å². The smallest absolute Gasteiger partial charge is 0.274 e. The highest BCUT2D eigenvalue weighted by molar-refractivity contribution is 9.10. The van der Waals surface area contributed by atoms with E-state index in [1.54, 1.807) is 23.7 Å². The van der Waals surface area contributed by atoms with Crippen molar-refractivity contribution in [2.45, 2.75) is 32.2 Å². The monoisotopic (exact) mass is 558 g/mol. The fourth-order valence-electron chi connectivity index (χ4n) is 4.13. The van der Waals surface area contributed by atoms with E-state index in [2.05, 4.69) is 55.2 Å². The van der Waals surface area contributed by atoms with Gasteiger partial charge in [0, 0.05) is 38.1 Å². The fraction of sp³-hybridized carbons (Fsp3) is 0.440. The van der Waals surface area contributed by atoms with Crippen LogP contribution < -0.4 is 10.1 Å². The molecule has 0 radical (unpaired) electrons. The van der Waals surface area contributed by atoms with Crippen LogP contribution in [0.5, 0.6) is 5.75 Å². The second kappa shape index (κ2) is 11.9. The van der Waals surface area contributed by atoms with E-state index in [0.717, 1.165) is 58.0 Å². The van der Waals surface area contributed by atoms with Gasteiger partial charge in [0.15, 0.2) is 0 Å². The molecule has 10 heteroatoms. The van der Waals surface area contributed by atoms with Crippen molar-refractivity contribution in [3.05, 3.63) is 51.8 Å². The number of carbonyl (C=O) groups is 1. The zero-order valence-corrected chi connectivity index (χ0v) is 22.7. The molecular formula is C25H31BrN6O2S. The summed E-state index contributed by atoms with van der Waals surface area (Å²) in [5, 5.41) is 4.14. The molecule has 1 saturated heterocycles. The normalized spacial score (nSPS) is 15.6. The number of ether oxygens (including phenoxy) is 1. The maximum atomic E-state index is 13.6. The number of amides is 1. The van der Waals surface area contributed by atoms with Gasteiger partial charge >= 0.3 is 0 Å². The predicted molar refractivity (Wildman–Crippen MR) is 143 cm³/mol. The number of hydrogen-bond acceptors (Lipinski definition) is 8. The fourth-order valence-corrected chi connectivity index (χ4v) is 5.24. The van der Waals surface area contributed by atoms with Crippen molar-refractivity contribution in [3.8, 4) is 16.2 Å². The van der Waals surface area contributed by atoms with Gasteiger partial charge in [-0.3, -0.25) is 4.79 Å². The van der Waals surface area contributed by atoms with Crippen molar-refractivity contribution >= 4 is 39.1 Å². The number of thiazole rings is 1. The third-order valence-electron chi connectivity index (χ3n) is 5.81. The van der Waals surface area contributed by atoms with Crippen LogP contribution in [-0.2, 0) is 0 Å². The molecule has 1 amide bonds. The Hall–Kier alpha value is -2.56. The quantitative estimate of drug-likeness (QED) is 0.360. The summed E-state index contributed by atoms with van der Waals surface area (Å²) in [5.74, 6) is 1.34. The summed E-state index contributed by atoms with van der Waals surface area (Å²) in [5.41, 5.74) is 1.48. The number of benzene rings is 1. The second-order valence-corrected chi connectivity index (χ2v) is 11.0. The van der Waals surface area contributed by atoms with Gasteiger partial charge in [-0.2, -0.15) is 0 Å². The highest BCUT2D eigenvalue weighted by Crippen LogP contribution is 2.34. The lowest BCUT2D eigenvalue weighted by molar-refractivity contribution is 0.0739. The first-order valence-electron chi connectivity index (χ1n) is 11.8. The molecule has 8 nitrogen and oxygen atoms in total. The Kier molecular flexibility index (Phi) is 8.69. The molecule has 35 heavy (non-hydrogen) atoms. The number of likely N-dealkylation sites (tertiary alicyclic amines) is 1. The van der Waals surface area contributed by atoms with Crippen LogP contribution in [-0.4, -0.2) is 77.0 Å². The van der Waals surface area contributed by atoms with Gasteiger partial charge in [-0.1, -0.05) is 12.1 Å². The van der Waals surface area contributed by atoms with Crippen molar-refractivity contribution in [1.29, 1.82) is 0 Å². The molecule has 1 aliphatic heterocycles. The molecular weight excluding hydrogens is 528 g/mol. The lowest BCUT2D eigenvalue weighted by Gasteiger charge is -2.24. The molecule has 0 saturated carbocycles. The third-order valence-corrected chi connectivity index (χ3v) is 7.23. The van der Waals surface area contributed by atoms with Gasteiger partial charge in [0.25, 0.3) is 5.91 Å². The lowest BCUT2D eigenvalue weighted by atomic mass is 10.1. The van der Waals surface area contributed by atoms with E-state index in [4.69, 9.17) is 4.74 Å². The van der Waals surface area contributed by atoms with Gasteiger partial charge in [-0.05, 0) is 73.9 Å². The van der Waals surface area contributed by atoms with Crippen molar-refractivity contribution in [3.63, 3.8) is 0 Å². The second-order valence-electron chi connectivity index (χ2n) is 8.84. The zero-order valence-electron chi connectivity index (χ0n) is 20.3. The van der Waals surface area contributed by atoms with Crippen LogP contribution in [0.25, 0.3) is 10.4 Å². The van der Waals surface area contributed by atoms with Gasteiger partial charge in [0.1, 0.15) is 11.4 Å². The molecule has 3 heterocycles. The van der Waals surface area contributed by atoms with Crippen molar-refractivity contribution in [2.24, 2.45) is 0 Å². The minimum absolute atomic E-state index is 0.0253. The average Bonchev–Trinajstić information content (AvgIpc) is 3.48. The summed E-state index contributed by atoms with van der Waals surface area (Å²) < 4.78 is 6.79. The van der Waals surface area contributed by atoms with Crippen molar-refractivity contribution in [1.82, 2.24) is 24.8 Å². The van der Waals surface area contributed by atoms with Gasteiger partial charge in [0.2, 0.25) is 5.95 Å². The van der Waals surface area contributed by atoms with Gasteiger partial charge in [-0.15, -0.1) is 11.3 Å². The van der Waals surface area contributed by atoms with E-state index in [9.17, 15) is 4.79 Å². The molecule has 1 atom stereocenters. The van der Waals surface area contributed by atoms with Gasteiger partial charge < -0.3 is 19.9 Å². The van der Waals surface area contributed by atoms with E-state index in [1.165, 1.54) is 0 Å². The molecule has 1 fully saturated rings. The Labute approximate surface area is 218 Å². The van der Waals surface area contributed by atoms with Crippen molar-refractivity contribution in [2.75, 3.05) is 45.7 Å². The molecule has 0 spiro atoms. The lowest BCUT2D eigenvalue weighted by Crippen LogP contribution is -2.40. The summed E-state index contributed by atoms with van der Waals surface area (Å²) in [7, 11) is 4.11. The zero-order chi connectivity index (χ0) is 24.8. The Morgan fingerprint density at radius 3 is 2.89 bits per heavy atom. The number of carbonyl (C=O) groups excluding carboxylic acids is 1. The molecule has 0 bridgehead atoms. The SMILES string of the molecule is Cc1nc(C(=O)N2CCC[C@H]2CNc2ncc(Br)cn2)c(-c2cccc(OCCCN(C)C)c2)s1. The summed E-state index contributed by atoms with van der Waals surface area (Å²) in [6.45, 7) is 4.89. The van der Waals surface area contributed by atoms with Crippen LogP contribution in [0.2, 0.25) is 0 Å². The van der Waals surface area contributed by atoms with Crippen LogP contribution >= 0.6 is 27.3 Å². The minimum atomic E-state index is -0.0253. The number of aromatic nitrogens is 3. The van der Waals surface area contributed by atoms with E-state index < -0.39 is 0 Å². The van der Waals surface area contributed by atoms with Gasteiger partial charge in [0.05, 0.1) is 21.0 Å². The molecule has 1 aliphatic rings. The first-order valence-corrected chi connectivity index (χ1v) is 13.4. The maximum absolute atomic E-state index is 13.6. The molecule has 186 valence electrons. The standard InChI is InChI=1S/C25H31BrN6O2S/c1-17-30-22(23(35-17)18-7-4-9-21(13-18)34-12-6-10-31(2)3)24(33)32-11-5-8-20(32)16-29-25-27-14-19(26)15-28-25/h4,7,9,13-15,20H,5-6,8,10-12,16H2,1-3H3,(H,27,28,29)/t20-/m0/s1. The van der Waals surface area contributed by atoms with Crippen LogP contribution in [0.4, 0.5) is 5.95 Å². The van der Waals surface area contributed by atoms with E-state index in [0.29, 0.717) is 24.8 Å². The summed E-state index contributed by atoms with van der Waals surface area (Å²) in [6, 6.07) is 8.02. The number of aryl methyl sites for hydroxylation is 1. The highest BCUT2D eigenvalue weighted by atomic mass is 79.9. The summed E-state index contributed by atoms with van der Waals surface area (Å²) in [4.78, 5) is 31.8. The van der Waals surface area contributed by atoms with E-state index in [-0.39, 0.29) is 11.9 Å². The number of nitrogens with zero attached hydrogens (tertiary/aromatic N) is 5. The van der Waals surface area contributed by atoms with Crippen LogP contribution in [0, 0.1) is 6.92 Å². The number of hydrogen-bond donors (Lipinski definition) is 1. The van der Waals surface area contributed by atoms with Gasteiger partial charge in [-0.25, -0.2) is 15.0 Å². The van der Waals surface area contributed by atoms with Crippen LogP contribution in [0.3, 0.4) is 0 Å². The van der Waals surface area contributed by atoms with E-state index >= 15 is 0 Å². The highest BCUT2D eigenvalue weighted by Gasteiger charge is 2.32. The first kappa shape index (κ1) is 25.5. The number of anilines is 1. The Bertz CT molecular complexity index is 1140. The molecule has 1 aromatic carbocycles. The molecule has 2 aromatic heterocycles. The average molecular weight is 560 g/mol. The first-order chi connectivity index (χ1) is 16.9. The Morgan fingerprint density at radius 2 is 2.11 bits per heavy atom. The Morgan fingerprint density at radius 1 is 1.31 bits per heavy atom. The topological polar surface area (TPSA) is 83.5 Å². The summed E-state index contributed by atoms with van der Waals surface area (Å²) in [6.07, 6.45) is 6.27. The molecule has 0 unspecified atom stereocenters. The predicted octanol–water partition coefficient (Wildman–Crippen LogP) is 4.72. The van der Waals surface area contributed by atoms with Crippen LogP contribution in [0.15, 0.2) is 41.1 Å². The summed E-state index contributed by atoms with van der Waals surface area (Å²) >= 11 is 4.90. The molecule has 3 aromatic rings. The number of halogens is 1. The van der Waals surface area contributed by atoms with E-state index in [1.807, 2.05) is 36.1 Å². The maximum Gasteiger partial charge on any atom is 0.274 e. The molecule has 1 N–H and O–H groups in total. The molecule has 4 rings (SSSR count). The number of rotatable bonds is 10.